The van der Waals surface area contributed by atoms with Crippen molar-refractivity contribution in [3.05, 3.63) is 63.3 Å². The van der Waals surface area contributed by atoms with Crippen LogP contribution in [-0.2, 0) is 9.59 Å². The van der Waals surface area contributed by atoms with Gasteiger partial charge < -0.3 is 20.0 Å². The fourth-order valence-corrected chi connectivity index (χ4v) is 3.02. The van der Waals surface area contributed by atoms with E-state index in [1.54, 1.807) is 13.0 Å². The molecule has 0 bridgehead atoms. The molecule has 3 rings (SSSR count). The summed E-state index contributed by atoms with van der Waals surface area (Å²) in [4.78, 5) is 37.2. The average Bonchev–Trinajstić information content (AvgIpc) is 2.87. The molecular weight excluding hydrogens is 407 g/mol. The number of hydrogen-bond acceptors (Lipinski definition) is 6. The van der Waals surface area contributed by atoms with Gasteiger partial charge >= 0.3 is 0 Å². The van der Waals surface area contributed by atoms with Crippen molar-refractivity contribution in [1.29, 1.82) is 0 Å². The molecule has 0 spiro atoms. The second-order valence-electron chi connectivity index (χ2n) is 5.90. The third-order valence-electron chi connectivity index (χ3n) is 4.12. The zero-order valence-corrected chi connectivity index (χ0v) is 16.2. The molecule has 0 aliphatic carbocycles. The Hall–Kier alpha value is -3.03. The summed E-state index contributed by atoms with van der Waals surface area (Å²) in [6.07, 6.45) is 0. The number of carboxylic acid groups (broad SMARTS) is 1. The van der Waals surface area contributed by atoms with E-state index in [-0.39, 0.29) is 27.7 Å². The Morgan fingerprint density at radius 1 is 1.11 bits per heavy atom. The lowest BCUT2D eigenvalue weighted by molar-refractivity contribution is -0.255. The lowest BCUT2D eigenvalue weighted by atomic mass is 10.2. The number of amides is 2. The first-order chi connectivity index (χ1) is 13.2. The maximum atomic E-state index is 12.9. The molecular formula is C19H13Cl2N2O5-. The number of nitrogens with one attached hydrogen (secondary N) is 1. The Labute approximate surface area is 170 Å². The molecule has 7 nitrogen and oxygen atoms in total. The number of halogens is 2. The Bertz CT molecular complexity index is 1030. The molecule has 0 radical (unpaired) electrons. The first-order valence-electron chi connectivity index (χ1n) is 7.95. The van der Waals surface area contributed by atoms with Crippen LogP contribution in [0.1, 0.15) is 15.9 Å². The topological polar surface area (TPSA) is 98.8 Å². The third-order valence-corrected chi connectivity index (χ3v) is 4.88. The van der Waals surface area contributed by atoms with Gasteiger partial charge in [0.25, 0.3) is 11.8 Å². The first kappa shape index (κ1) is 19.7. The van der Waals surface area contributed by atoms with Crippen molar-refractivity contribution in [3.8, 4) is 5.75 Å². The van der Waals surface area contributed by atoms with Crippen LogP contribution in [0.4, 0.5) is 11.4 Å². The molecule has 1 heterocycles. The average molecular weight is 420 g/mol. The summed E-state index contributed by atoms with van der Waals surface area (Å²) in [5.41, 5.74) is 1.07. The zero-order chi connectivity index (χ0) is 20.6. The summed E-state index contributed by atoms with van der Waals surface area (Å²) in [5.74, 6) is -2.49. The highest BCUT2D eigenvalue weighted by Crippen LogP contribution is 2.38. The highest BCUT2D eigenvalue weighted by atomic mass is 35.5. The van der Waals surface area contributed by atoms with Crippen LogP contribution in [0.3, 0.4) is 0 Å². The molecule has 1 N–H and O–H groups in total. The Morgan fingerprint density at radius 3 is 2.32 bits per heavy atom. The molecule has 9 heteroatoms. The molecule has 1 aliphatic heterocycles. The van der Waals surface area contributed by atoms with Gasteiger partial charge in [0.05, 0.1) is 18.8 Å². The molecule has 2 aromatic carbocycles. The van der Waals surface area contributed by atoms with Crippen molar-refractivity contribution in [1.82, 2.24) is 0 Å². The van der Waals surface area contributed by atoms with E-state index in [1.807, 2.05) is 0 Å². The van der Waals surface area contributed by atoms with Gasteiger partial charge in [0.1, 0.15) is 16.5 Å². The van der Waals surface area contributed by atoms with Crippen molar-refractivity contribution in [2.24, 2.45) is 0 Å². The van der Waals surface area contributed by atoms with Crippen LogP contribution in [0.15, 0.2) is 47.1 Å². The minimum atomic E-state index is -1.33. The van der Waals surface area contributed by atoms with Gasteiger partial charge in [0, 0.05) is 16.8 Å². The number of benzene rings is 2. The maximum Gasteiger partial charge on any atom is 0.283 e. The first-order valence-corrected chi connectivity index (χ1v) is 8.71. The quantitative estimate of drug-likeness (QED) is 0.747. The van der Waals surface area contributed by atoms with Crippen LogP contribution in [0.2, 0.25) is 5.02 Å². The van der Waals surface area contributed by atoms with Gasteiger partial charge in [0.2, 0.25) is 0 Å². The van der Waals surface area contributed by atoms with Gasteiger partial charge in [-0.25, -0.2) is 4.90 Å². The molecule has 0 aromatic heterocycles. The summed E-state index contributed by atoms with van der Waals surface area (Å²) >= 11 is 12.2. The minimum absolute atomic E-state index is 0.0255. The fraction of sp³-hybridized carbons (Fsp3) is 0.105. The number of anilines is 2. The van der Waals surface area contributed by atoms with Crippen LogP contribution in [0.5, 0.6) is 5.75 Å². The van der Waals surface area contributed by atoms with Crippen molar-refractivity contribution >= 4 is 52.4 Å². The second kappa shape index (κ2) is 7.53. The van der Waals surface area contributed by atoms with Gasteiger partial charge in [-0.2, -0.15) is 0 Å². The molecule has 2 aromatic rings. The van der Waals surface area contributed by atoms with Crippen LogP contribution in [0.25, 0.3) is 0 Å². The molecule has 0 fully saturated rings. The van der Waals surface area contributed by atoms with Crippen LogP contribution < -0.4 is 20.1 Å². The van der Waals surface area contributed by atoms with E-state index in [0.717, 1.165) is 4.90 Å². The number of carboxylic acids is 1. The SMILES string of the molecule is COc1cc(Cl)c(C)cc1N1C(=O)C(Cl)=C(Nc2ccc(C(=O)[O-])cc2)C1=O. The summed E-state index contributed by atoms with van der Waals surface area (Å²) in [6.45, 7) is 1.73. The molecule has 0 unspecified atom stereocenters. The van der Waals surface area contributed by atoms with Crippen LogP contribution >= 0.6 is 23.2 Å². The zero-order valence-electron chi connectivity index (χ0n) is 14.7. The smallest absolute Gasteiger partial charge is 0.283 e. The normalized spacial score (nSPS) is 13.9. The number of nitrogens with zero attached hydrogens (tertiary/aromatic N) is 1. The Morgan fingerprint density at radius 2 is 1.75 bits per heavy atom. The standard InChI is InChI=1S/C19H14Cl2N2O5/c1-9-7-13(14(28-2)8-12(9)20)23-17(24)15(21)16(18(23)25)22-11-5-3-10(4-6-11)19(26)27/h3-8,22H,1-2H3,(H,26,27)/p-1. The van der Waals surface area contributed by atoms with Crippen molar-refractivity contribution < 1.29 is 24.2 Å². The van der Waals surface area contributed by atoms with Crippen molar-refractivity contribution in [3.63, 3.8) is 0 Å². The van der Waals surface area contributed by atoms with E-state index in [0.29, 0.717) is 16.3 Å². The van der Waals surface area contributed by atoms with Crippen molar-refractivity contribution in [2.45, 2.75) is 6.92 Å². The van der Waals surface area contributed by atoms with Gasteiger partial charge in [0.15, 0.2) is 0 Å². The number of aromatic carboxylic acids is 1. The third kappa shape index (κ3) is 3.42. The van der Waals surface area contributed by atoms with E-state index in [1.165, 1.54) is 37.4 Å². The fourth-order valence-electron chi connectivity index (χ4n) is 2.65. The number of aryl methyl sites for hydroxylation is 1. The lowest BCUT2D eigenvalue weighted by Crippen LogP contribution is -2.32. The number of carbonyl (C=O) groups excluding carboxylic acids is 3. The highest BCUT2D eigenvalue weighted by Gasteiger charge is 2.40. The summed E-state index contributed by atoms with van der Waals surface area (Å²) in [5, 5.41) is 13.7. The number of methoxy groups -OCH3 is 1. The van der Waals surface area contributed by atoms with E-state index >= 15 is 0 Å². The van der Waals surface area contributed by atoms with Crippen LogP contribution in [-0.4, -0.2) is 24.9 Å². The van der Waals surface area contributed by atoms with Crippen LogP contribution in [0, 0.1) is 6.92 Å². The largest absolute Gasteiger partial charge is 0.545 e. The molecule has 0 saturated heterocycles. The molecule has 0 saturated carbocycles. The molecule has 1 aliphatic rings. The number of hydrogen-bond donors (Lipinski definition) is 1. The number of rotatable bonds is 5. The molecule has 2 amide bonds. The van der Waals surface area contributed by atoms with E-state index in [4.69, 9.17) is 27.9 Å². The summed E-state index contributed by atoms with van der Waals surface area (Å²) < 4.78 is 5.24. The predicted octanol–water partition coefficient (Wildman–Crippen LogP) is 2.46. The monoisotopic (exact) mass is 419 g/mol. The summed E-state index contributed by atoms with van der Waals surface area (Å²) in [6, 6.07) is 8.52. The van der Waals surface area contributed by atoms with Crippen molar-refractivity contribution in [2.75, 3.05) is 17.3 Å². The van der Waals surface area contributed by atoms with Gasteiger partial charge in [-0.3, -0.25) is 9.59 Å². The van der Waals surface area contributed by atoms with E-state index < -0.39 is 17.8 Å². The summed E-state index contributed by atoms with van der Waals surface area (Å²) in [7, 11) is 1.39. The number of imide groups is 1. The van der Waals surface area contributed by atoms with Gasteiger partial charge in [-0.1, -0.05) is 35.3 Å². The van der Waals surface area contributed by atoms with E-state index in [2.05, 4.69) is 5.32 Å². The lowest BCUT2D eigenvalue weighted by Gasteiger charge is -2.19. The van der Waals surface area contributed by atoms with E-state index in [9.17, 15) is 19.5 Å². The minimum Gasteiger partial charge on any atom is -0.545 e. The van der Waals surface area contributed by atoms with Gasteiger partial charge in [-0.15, -0.1) is 0 Å². The molecule has 28 heavy (non-hydrogen) atoms. The molecule has 144 valence electrons. The maximum absolute atomic E-state index is 12.9. The number of carbonyl (C=O) groups is 3. The Balaban J connectivity index is 1.94. The predicted molar refractivity (Wildman–Crippen MR) is 103 cm³/mol. The van der Waals surface area contributed by atoms with Gasteiger partial charge in [-0.05, 0) is 36.2 Å². The molecule has 0 atom stereocenters. The highest BCUT2D eigenvalue weighted by molar-refractivity contribution is 6.53. The Kier molecular flexibility index (Phi) is 5.31. The second-order valence-corrected chi connectivity index (χ2v) is 6.68. The number of ether oxygens (including phenoxy) is 1.